The van der Waals surface area contributed by atoms with Gasteiger partial charge in [0.05, 0.1) is 0 Å². The molecule has 1 amide bonds. The number of piperidine rings is 1. The van der Waals surface area contributed by atoms with E-state index in [9.17, 15) is 4.79 Å². The smallest absolute Gasteiger partial charge is 0.224 e. The molecule has 0 aromatic carbocycles. The molecule has 2 N–H and O–H groups in total. The van der Waals surface area contributed by atoms with Crippen molar-refractivity contribution in [2.24, 2.45) is 5.73 Å². The molecular formula is C14H27N3OS. The summed E-state index contributed by atoms with van der Waals surface area (Å²) < 4.78 is 0. The zero-order valence-electron chi connectivity index (χ0n) is 11.9. The molecule has 0 spiro atoms. The number of likely N-dealkylation sites (tertiary alicyclic amines) is 1. The highest BCUT2D eigenvalue weighted by Gasteiger charge is 2.24. The van der Waals surface area contributed by atoms with E-state index in [1.165, 1.54) is 37.2 Å². The minimum Gasteiger partial charge on any atom is -0.343 e. The summed E-state index contributed by atoms with van der Waals surface area (Å²) in [5.74, 6) is 2.73. The van der Waals surface area contributed by atoms with Crippen molar-refractivity contribution in [3.05, 3.63) is 0 Å². The maximum atomic E-state index is 12.3. The Morgan fingerprint density at radius 2 is 1.84 bits per heavy atom. The Hall–Kier alpha value is -0.260. The monoisotopic (exact) mass is 285 g/mol. The fraction of sp³-hybridized carbons (Fsp3) is 0.929. The summed E-state index contributed by atoms with van der Waals surface area (Å²) in [6, 6.07) is 0.244. The molecule has 0 aromatic heterocycles. The second-order valence-electron chi connectivity index (χ2n) is 5.54. The fourth-order valence-electron chi connectivity index (χ4n) is 2.97. The van der Waals surface area contributed by atoms with Crippen LogP contribution < -0.4 is 5.73 Å². The Bertz CT molecular complexity index is 274. The van der Waals surface area contributed by atoms with Crippen molar-refractivity contribution in [1.29, 1.82) is 0 Å². The maximum absolute atomic E-state index is 12.3. The molecule has 0 saturated carbocycles. The van der Waals surface area contributed by atoms with Gasteiger partial charge in [-0.15, -0.1) is 0 Å². The number of nitrogens with two attached hydrogens (primary N) is 1. The third-order valence-corrected chi connectivity index (χ3v) is 5.21. The highest BCUT2D eigenvalue weighted by atomic mass is 32.2. The van der Waals surface area contributed by atoms with E-state index in [4.69, 9.17) is 5.73 Å². The Morgan fingerprint density at radius 1 is 1.05 bits per heavy atom. The minimum atomic E-state index is 0.244. The lowest BCUT2D eigenvalue weighted by atomic mass is 10.1. The van der Waals surface area contributed by atoms with E-state index in [0.29, 0.717) is 18.9 Å². The van der Waals surface area contributed by atoms with E-state index in [1.807, 2.05) is 16.7 Å². The average molecular weight is 285 g/mol. The van der Waals surface area contributed by atoms with Gasteiger partial charge in [0, 0.05) is 44.4 Å². The molecule has 1 atom stereocenters. The fourth-order valence-corrected chi connectivity index (χ4v) is 3.87. The first-order valence-corrected chi connectivity index (χ1v) is 8.76. The molecule has 0 aromatic rings. The summed E-state index contributed by atoms with van der Waals surface area (Å²) in [4.78, 5) is 16.8. The molecule has 4 nitrogen and oxygen atoms in total. The number of carbonyl (C=O) groups is 1. The first-order chi connectivity index (χ1) is 9.31. The third kappa shape index (κ3) is 4.65. The van der Waals surface area contributed by atoms with Crippen molar-refractivity contribution < 1.29 is 4.79 Å². The Kier molecular flexibility index (Phi) is 6.47. The molecule has 19 heavy (non-hydrogen) atoms. The Morgan fingerprint density at radius 3 is 2.58 bits per heavy atom. The molecule has 110 valence electrons. The lowest BCUT2D eigenvalue weighted by Crippen LogP contribution is -2.46. The summed E-state index contributed by atoms with van der Waals surface area (Å²) in [6.07, 6.45) is 5.44. The number of amides is 1. The van der Waals surface area contributed by atoms with Crippen LogP contribution in [0, 0.1) is 0 Å². The largest absolute Gasteiger partial charge is 0.343 e. The first kappa shape index (κ1) is 15.1. The number of hydrogen-bond acceptors (Lipinski definition) is 4. The van der Waals surface area contributed by atoms with Crippen molar-refractivity contribution >= 4 is 17.7 Å². The van der Waals surface area contributed by atoms with Crippen LogP contribution in [-0.4, -0.2) is 66.0 Å². The highest BCUT2D eigenvalue weighted by Crippen LogP contribution is 2.16. The summed E-state index contributed by atoms with van der Waals surface area (Å²) in [5.41, 5.74) is 5.91. The molecule has 2 fully saturated rings. The normalized spacial score (nSPS) is 23.9. The summed E-state index contributed by atoms with van der Waals surface area (Å²) in [7, 11) is 0. The Balaban J connectivity index is 1.84. The molecule has 5 heteroatoms. The van der Waals surface area contributed by atoms with E-state index >= 15 is 0 Å². The Labute approximate surface area is 121 Å². The van der Waals surface area contributed by atoms with E-state index < -0.39 is 0 Å². The van der Waals surface area contributed by atoms with Gasteiger partial charge in [0.1, 0.15) is 0 Å². The molecule has 2 aliphatic rings. The molecular weight excluding hydrogens is 258 g/mol. The van der Waals surface area contributed by atoms with E-state index in [-0.39, 0.29) is 6.04 Å². The molecule has 2 saturated heterocycles. The molecule has 1 unspecified atom stereocenters. The van der Waals surface area contributed by atoms with Crippen LogP contribution in [0.25, 0.3) is 0 Å². The van der Waals surface area contributed by atoms with Crippen molar-refractivity contribution in [3.63, 3.8) is 0 Å². The van der Waals surface area contributed by atoms with Crippen LogP contribution >= 0.6 is 11.8 Å². The van der Waals surface area contributed by atoms with Gasteiger partial charge in [0.25, 0.3) is 0 Å². The van der Waals surface area contributed by atoms with Crippen LogP contribution in [0.1, 0.15) is 32.1 Å². The van der Waals surface area contributed by atoms with Crippen molar-refractivity contribution in [3.8, 4) is 0 Å². The lowest BCUT2D eigenvalue weighted by Gasteiger charge is -2.32. The van der Waals surface area contributed by atoms with Crippen LogP contribution in [-0.2, 0) is 4.79 Å². The topological polar surface area (TPSA) is 49.6 Å². The van der Waals surface area contributed by atoms with Gasteiger partial charge in [0.15, 0.2) is 0 Å². The van der Waals surface area contributed by atoms with Crippen molar-refractivity contribution in [2.75, 3.05) is 44.2 Å². The molecule has 2 rings (SSSR count). The van der Waals surface area contributed by atoms with Gasteiger partial charge in [-0.25, -0.2) is 0 Å². The van der Waals surface area contributed by atoms with Gasteiger partial charge >= 0.3 is 0 Å². The van der Waals surface area contributed by atoms with Crippen molar-refractivity contribution in [2.45, 2.75) is 38.1 Å². The van der Waals surface area contributed by atoms with Gasteiger partial charge in [-0.05, 0) is 38.0 Å². The second-order valence-corrected chi connectivity index (χ2v) is 6.76. The SMILES string of the molecule is NCC(CC(=O)N1CCCCC1)N1CCCSCC1. The van der Waals surface area contributed by atoms with Crippen LogP contribution in [0.2, 0.25) is 0 Å². The lowest BCUT2D eigenvalue weighted by molar-refractivity contribution is -0.133. The number of rotatable bonds is 4. The summed E-state index contributed by atoms with van der Waals surface area (Å²) >= 11 is 2.02. The molecule has 0 bridgehead atoms. The number of carbonyl (C=O) groups excluding carboxylic acids is 1. The third-order valence-electron chi connectivity index (χ3n) is 4.16. The van der Waals surface area contributed by atoms with Gasteiger partial charge < -0.3 is 10.6 Å². The average Bonchev–Trinajstić information content (AvgIpc) is 2.74. The van der Waals surface area contributed by atoms with Gasteiger partial charge in [-0.2, -0.15) is 11.8 Å². The molecule has 2 heterocycles. The van der Waals surface area contributed by atoms with E-state index in [1.54, 1.807) is 0 Å². The van der Waals surface area contributed by atoms with Crippen LogP contribution in [0.4, 0.5) is 0 Å². The maximum Gasteiger partial charge on any atom is 0.224 e. The van der Waals surface area contributed by atoms with Crippen LogP contribution in [0.3, 0.4) is 0 Å². The molecule has 2 aliphatic heterocycles. The van der Waals surface area contributed by atoms with Gasteiger partial charge in [-0.1, -0.05) is 0 Å². The summed E-state index contributed by atoms with van der Waals surface area (Å²) in [5, 5.41) is 0. The zero-order valence-corrected chi connectivity index (χ0v) is 12.7. The standard InChI is InChI=1S/C14H27N3OS/c15-12-13(16-7-4-9-19-10-8-16)11-14(18)17-5-2-1-3-6-17/h13H,1-12,15H2. The van der Waals surface area contributed by atoms with Crippen LogP contribution in [0.5, 0.6) is 0 Å². The molecule has 0 radical (unpaired) electrons. The second kappa shape index (κ2) is 8.12. The molecule has 0 aliphatic carbocycles. The van der Waals surface area contributed by atoms with E-state index in [0.717, 1.165) is 26.2 Å². The number of hydrogen-bond donors (Lipinski definition) is 1. The summed E-state index contributed by atoms with van der Waals surface area (Å²) in [6.45, 7) is 4.68. The minimum absolute atomic E-state index is 0.244. The number of nitrogens with zero attached hydrogens (tertiary/aromatic N) is 2. The van der Waals surface area contributed by atoms with Crippen LogP contribution in [0.15, 0.2) is 0 Å². The van der Waals surface area contributed by atoms with Crippen molar-refractivity contribution in [1.82, 2.24) is 9.80 Å². The number of thioether (sulfide) groups is 1. The predicted octanol–water partition coefficient (Wildman–Crippen LogP) is 1.16. The highest BCUT2D eigenvalue weighted by molar-refractivity contribution is 7.99. The van der Waals surface area contributed by atoms with Gasteiger partial charge in [0.2, 0.25) is 5.91 Å². The van der Waals surface area contributed by atoms with E-state index in [2.05, 4.69) is 4.90 Å². The first-order valence-electron chi connectivity index (χ1n) is 7.61. The van der Waals surface area contributed by atoms with Gasteiger partial charge in [-0.3, -0.25) is 9.69 Å². The predicted molar refractivity (Wildman–Crippen MR) is 81.4 cm³/mol. The zero-order chi connectivity index (χ0) is 13.5. The quantitative estimate of drug-likeness (QED) is 0.842.